The molecule has 1 aromatic carbocycles. The molecule has 1 aliphatic rings. The second-order valence-corrected chi connectivity index (χ2v) is 5.87. The molecule has 3 rings (SSSR count). The molecule has 0 radical (unpaired) electrons. The summed E-state index contributed by atoms with van der Waals surface area (Å²) < 4.78 is 44.3. The van der Waals surface area contributed by atoms with Crippen molar-refractivity contribution in [2.45, 2.75) is 18.5 Å². The zero-order chi connectivity index (χ0) is 16.8. The largest absolute Gasteiger partial charge is 0.493 e. The molecule has 0 saturated carbocycles. The number of ether oxygens (including phenoxy) is 1. The van der Waals surface area contributed by atoms with Crippen molar-refractivity contribution in [2.75, 3.05) is 12.3 Å². The second kappa shape index (κ2) is 5.72. The van der Waals surface area contributed by atoms with Crippen LogP contribution in [0.1, 0.15) is 29.3 Å². The SMILES string of the molecule is Nc1nc(C2CCOc3cc(Cl)cc(Cl)c32)cc(C(F)(F)F)n1. The van der Waals surface area contributed by atoms with Gasteiger partial charge in [0.05, 0.1) is 12.3 Å². The van der Waals surface area contributed by atoms with E-state index < -0.39 is 23.7 Å². The Labute approximate surface area is 139 Å². The van der Waals surface area contributed by atoms with Crippen LogP contribution < -0.4 is 10.5 Å². The van der Waals surface area contributed by atoms with Gasteiger partial charge in [0, 0.05) is 21.5 Å². The lowest BCUT2D eigenvalue weighted by atomic mass is 9.89. The maximum Gasteiger partial charge on any atom is 0.433 e. The molecule has 0 amide bonds. The average Bonchev–Trinajstić information content (AvgIpc) is 2.44. The average molecular weight is 364 g/mol. The first kappa shape index (κ1) is 16.1. The molecular formula is C14H10Cl2F3N3O. The number of halogens is 5. The Kier molecular flexibility index (Phi) is 4.01. The Bertz CT molecular complexity index is 768. The number of aromatic nitrogens is 2. The lowest BCUT2D eigenvalue weighted by Gasteiger charge is -2.27. The highest BCUT2D eigenvalue weighted by Gasteiger charge is 2.35. The Morgan fingerprint density at radius 3 is 2.61 bits per heavy atom. The molecule has 0 fully saturated rings. The van der Waals surface area contributed by atoms with E-state index in [1.54, 1.807) is 6.07 Å². The van der Waals surface area contributed by atoms with Crippen molar-refractivity contribution in [1.82, 2.24) is 9.97 Å². The van der Waals surface area contributed by atoms with Crippen molar-refractivity contribution in [3.8, 4) is 5.75 Å². The first-order chi connectivity index (χ1) is 10.8. The van der Waals surface area contributed by atoms with Crippen molar-refractivity contribution < 1.29 is 17.9 Å². The molecule has 1 aromatic heterocycles. The van der Waals surface area contributed by atoms with E-state index in [1.165, 1.54) is 6.07 Å². The lowest BCUT2D eigenvalue weighted by Crippen LogP contribution is -2.19. The van der Waals surface area contributed by atoms with Crippen LogP contribution in [0.2, 0.25) is 10.0 Å². The minimum absolute atomic E-state index is 0.151. The van der Waals surface area contributed by atoms with Crippen LogP contribution in [0.4, 0.5) is 19.1 Å². The van der Waals surface area contributed by atoms with Crippen LogP contribution in [0, 0.1) is 0 Å². The Hall–Kier alpha value is -1.73. The summed E-state index contributed by atoms with van der Waals surface area (Å²) in [7, 11) is 0. The summed E-state index contributed by atoms with van der Waals surface area (Å²) in [6.45, 7) is 0.305. The molecular weight excluding hydrogens is 354 g/mol. The summed E-state index contributed by atoms with van der Waals surface area (Å²) in [5.41, 5.74) is 5.05. The third kappa shape index (κ3) is 3.16. The third-order valence-electron chi connectivity index (χ3n) is 3.48. The van der Waals surface area contributed by atoms with E-state index in [0.717, 1.165) is 6.07 Å². The molecule has 0 bridgehead atoms. The Morgan fingerprint density at radius 2 is 1.91 bits per heavy atom. The minimum Gasteiger partial charge on any atom is -0.493 e. The molecule has 23 heavy (non-hydrogen) atoms. The molecule has 2 aromatic rings. The van der Waals surface area contributed by atoms with Crippen LogP contribution in [0.15, 0.2) is 18.2 Å². The van der Waals surface area contributed by atoms with Crippen molar-refractivity contribution in [3.05, 3.63) is 45.2 Å². The van der Waals surface area contributed by atoms with E-state index in [9.17, 15) is 13.2 Å². The zero-order valence-electron chi connectivity index (χ0n) is 11.5. The number of alkyl halides is 3. The number of rotatable bonds is 1. The maximum atomic E-state index is 12.9. The number of hydrogen-bond donors (Lipinski definition) is 1. The number of anilines is 1. The first-order valence-corrected chi connectivity index (χ1v) is 7.34. The number of nitrogen functional groups attached to an aromatic ring is 1. The summed E-state index contributed by atoms with van der Waals surface area (Å²) in [6.07, 6.45) is -4.19. The summed E-state index contributed by atoms with van der Waals surface area (Å²) in [5, 5.41) is 0.690. The predicted octanol–water partition coefficient (Wildman–Crippen LogP) is 4.30. The fraction of sp³-hybridized carbons (Fsp3) is 0.286. The Balaban J connectivity index is 2.13. The van der Waals surface area contributed by atoms with Gasteiger partial charge in [-0.2, -0.15) is 13.2 Å². The van der Waals surface area contributed by atoms with Gasteiger partial charge in [-0.1, -0.05) is 23.2 Å². The normalized spacial score (nSPS) is 17.5. The number of nitrogens with two attached hydrogens (primary N) is 1. The van der Waals surface area contributed by atoms with E-state index in [1.807, 2.05) is 0 Å². The summed E-state index contributed by atoms with van der Waals surface area (Å²) in [5.74, 6) is -0.479. The van der Waals surface area contributed by atoms with Gasteiger partial charge in [-0.05, 0) is 24.6 Å². The number of nitrogens with zero attached hydrogens (tertiary/aromatic N) is 2. The van der Waals surface area contributed by atoms with E-state index in [0.29, 0.717) is 34.4 Å². The number of fused-ring (bicyclic) bond motifs is 1. The van der Waals surface area contributed by atoms with Gasteiger partial charge in [0.25, 0.3) is 0 Å². The van der Waals surface area contributed by atoms with Gasteiger partial charge < -0.3 is 10.5 Å². The van der Waals surface area contributed by atoms with Gasteiger partial charge in [0.1, 0.15) is 11.4 Å². The molecule has 1 aliphatic heterocycles. The predicted molar refractivity (Wildman–Crippen MR) is 79.9 cm³/mol. The smallest absolute Gasteiger partial charge is 0.433 e. The van der Waals surface area contributed by atoms with Crippen LogP contribution in [-0.4, -0.2) is 16.6 Å². The first-order valence-electron chi connectivity index (χ1n) is 6.59. The van der Waals surface area contributed by atoms with Gasteiger partial charge in [-0.25, -0.2) is 9.97 Å². The molecule has 0 spiro atoms. The van der Waals surface area contributed by atoms with Gasteiger partial charge in [0.2, 0.25) is 5.95 Å². The van der Waals surface area contributed by atoms with Crippen LogP contribution in [0.5, 0.6) is 5.75 Å². The van der Waals surface area contributed by atoms with Crippen molar-refractivity contribution in [2.24, 2.45) is 0 Å². The van der Waals surface area contributed by atoms with Crippen molar-refractivity contribution in [1.29, 1.82) is 0 Å². The molecule has 1 atom stereocenters. The summed E-state index contributed by atoms with van der Waals surface area (Å²) >= 11 is 12.1. The van der Waals surface area contributed by atoms with Crippen LogP contribution >= 0.6 is 23.2 Å². The highest BCUT2D eigenvalue weighted by Crippen LogP contribution is 2.44. The van der Waals surface area contributed by atoms with Gasteiger partial charge in [-0.3, -0.25) is 0 Å². The molecule has 2 N–H and O–H groups in total. The van der Waals surface area contributed by atoms with E-state index in [-0.39, 0.29) is 5.69 Å². The third-order valence-corrected chi connectivity index (χ3v) is 4.01. The highest BCUT2D eigenvalue weighted by molar-refractivity contribution is 6.35. The van der Waals surface area contributed by atoms with Crippen LogP contribution in [0.3, 0.4) is 0 Å². The van der Waals surface area contributed by atoms with Crippen LogP contribution in [0.25, 0.3) is 0 Å². The molecule has 2 heterocycles. The molecule has 4 nitrogen and oxygen atoms in total. The molecule has 0 aliphatic carbocycles. The van der Waals surface area contributed by atoms with E-state index >= 15 is 0 Å². The Morgan fingerprint density at radius 1 is 1.17 bits per heavy atom. The van der Waals surface area contributed by atoms with Crippen molar-refractivity contribution >= 4 is 29.2 Å². The maximum absolute atomic E-state index is 12.9. The number of benzene rings is 1. The van der Waals surface area contributed by atoms with Crippen molar-refractivity contribution in [3.63, 3.8) is 0 Å². The summed E-state index contributed by atoms with van der Waals surface area (Å²) in [4.78, 5) is 7.20. The van der Waals surface area contributed by atoms with Crippen LogP contribution in [-0.2, 0) is 6.18 Å². The summed E-state index contributed by atoms with van der Waals surface area (Å²) in [6, 6.07) is 3.98. The van der Waals surface area contributed by atoms with E-state index in [4.69, 9.17) is 33.7 Å². The highest BCUT2D eigenvalue weighted by atomic mass is 35.5. The fourth-order valence-corrected chi connectivity index (χ4v) is 3.16. The molecule has 1 unspecified atom stereocenters. The minimum atomic E-state index is -4.61. The fourth-order valence-electron chi connectivity index (χ4n) is 2.55. The monoisotopic (exact) mass is 363 g/mol. The second-order valence-electron chi connectivity index (χ2n) is 5.02. The lowest BCUT2D eigenvalue weighted by molar-refractivity contribution is -0.141. The van der Waals surface area contributed by atoms with Gasteiger partial charge in [-0.15, -0.1) is 0 Å². The molecule has 9 heteroatoms. The zero-order valence-corrected chi connectivity index (χ0v) is 13.0. The topological polar surface area (TPSA) is 61.0 Å². The number of hydrogen-bond acceptors (Lipinski definition) is 4. The quantitative estimate of drug-likeness (QED) is 0.820. The van der Waals surface area contributed by atoms with Gasteiger partial charge >= 0.3 is 6.18 Å². The molecule has 0 saturated heterocycles. The van der Waals surface area contributed by atoms with E-state index in [2.05, 4.69) is 9.97 Å². The molecule has 122 valence electrons. The van der Waals surface area contributed by atoms with Gasteiger partial charge in [0.15, 0.2) is 0 Å². The standard InChI is InChI=1S/C14H10Cl2F3N3O/c15-6-3-8(16)12-7(1-2-23-10(12)4-6)9-5-11(14(17,18)19)22-13(20)21-9/h3-5,7H,1-2H2,(H2,20,21,22).